The predicted octanol–water partition coefficient (Wildman–Crippen LogP) is 1.67. The number of fused-ring (bicyclic) bond motifs is 1. The van der Waals surface area contributed by atoms with Crippen molar-refractivity contribution >= 4 is 11.6 Å². The Balaban J connectivity index is 1.73. The highest BCUT2D eigenvalue weighted by molar-refractivity contribution is 5.94. The molecule has 6 nitrogen and oxygen atoms in total. The minimum Gasteiger partial charge on any atom is -0.497 e. The van der Waals surface area contributed by atoms with Gasteiger partial charge in [0, 0.05) is 11.8 Å². The fourth-order valence-corrected chi connectivity index (χ4v) is 2.04. The molecule has 0 saturated carbocycles. The summed E-state index contributed by atoms with van der Waals surface area (Å²) in [4.78, 5) is 12.1. The summed E-state index contributed by atoms with van der Waals surface area (Å²) >= 11 is 0. The number of pyridine rings is 1. The number of rotatable bonds is 4. The Morgan fingerprint density at radius 3 is 3.00 bits per heavy atom. The molecule has 3 rings (SSSR count). The number of nitrogens with zero attached hydrogens (tertiary/aromatic N) is 3. The molecule has 0 bridgehead atoms. The van der Waals surface area contributed by atoms with Gasteiger partial charge in [-0.2, -0.15) is 0 Å². The van der Waals surface area contributed by atoms with Crippen molar-refractivity contribution in [2.45, 2.75) is 6.54 Å². The Hall–Kier alpha value is -2.89. The van der Waals surface area contributed by atoms with Gasteiger partial charge in [0.2, 0.25) is 0 Å². The molecule has 0 atom stereocenters. The van der Waals surface area contributed by atoms with Crippen LogP contribution in [0.25, 0.3) is 5.65 Å². The van der Waals surface area contributed by atoms with Gasteiger partial charge in [0.25, 0.3) is 5.91 Å². The number of hydrogen-bond donors (Lipinski definition) is 1. The summed E-state index contributed by atoms with van der Waals surface area (Å²) in [6.45, 7) is 0.307. The summed E-state index contributed by atoms with van der Waals surface area (Å²) < 4.78 is 6.95. The van der Waals surface area contributed by atoms with Crippen LogP contribution in [0.3, 0.4) is 0 Å². The van der Waals surface area contributed by atoms with Crippen LogP contribution >= 0.6 is 0 Å². The standard InChI is InChI=1S/C15H14N4O2/c1-21-12-6-4-5-11(9-12)15(20)16-10-14-18-17-13-7-2-3-8-19(13)14/h2-9H,10H2,1H3,(H,16,20). The van der Waals surface area contributed by atoms with Gasteiger partial charge >= 0.3 is 0 Å². The van der Waals surface area contributed by atoms with Crippen molar-refractivity contribution in [2.24, 2.45) is 0 Å². The molecule has 0 spiro atoms. The average Bonchev–Trinajstić information content (AvgIpc) is 2.96. The monoisotopic (exact) mass is 282 g/mol. The van der Waals surface area contributed by atoms with E-state index in [0.717, 1.165) is 5.65 Å². The van der Waals surface area contributed by atoms with E-state index in [9.17, 15) is 4.79 Å². The number of aromatic nitrogens is 3. The van der Waals surface area contributed by atoms with Crippen molar-refractivity contribution in [1.29, 1.82) is 0 Å². The van der Waals surface area contributed by atoms with Gasteiger partial charge in [-0.05, 0) is 30.3 Å². The Bertz CT molecular complexity index is 782. The zero-order valence-electron chi connectivity index (χ0n) is 11.5. The van der Waals surface area contributed by atoms with Crippen molar-refractivity contribution in [3.63, 3.8) is 0 Å². The van der Waals surface area contributed by atoms with Crippen LogP contribution in [0.2, 0.25) is 0 Å². The predicted molar refractivity (Wildman–Crippen MR) is 77.2 cm³/mol. The maximum atomic E-state index is 12.1. The lowest BCUT2D eigenvalue weighted by molar-refractivity contribution is 0.0949. The smallest absolute Gasteiger partial charge is 0.251 e. The Morgan fingerprint density at radius 1 is 1.24 bits per heavy atom. The van der Waals surface area contributed by atoms with Gasteiger partial charge in [0.1, 0.15) is 5.75 Å². The third-order valence-corrected chi connectivity index (χ3v) is 3.12. The van der Waals surface area contributed by atoms with E-state index in [-0.39, 0.29) is 5.91 Å². The summed E-state index contributed by atoms with van der Waals surface area (Å²) in [5.74, 6) is 1.15. The molecule has 1 N–H and O–H groups in total. The van der Waals surface area contributed by atoms with Crippen LogP contribution in [0, 0.1) is 0 Å². The minimum absolute atomic E-state index is 0.179. The van der Waals surface area contributed by atoms with Crippen LogP contribution in [0.1, 0.15) is 16.2 Å². The lowest BCUT2D eigenvalue weighted by atomic mass is 10.2. The summed E-state index contributed by atoms with van der Waals surface area (Å²) in [6.07, 6.45) is 1.86. The Labute approximate surface area is 121 Å². The number of carbonyl (C=O) groups excluding carboxylic acids is 1. The van der Waals surface area contributed by atoms with Gasteiger partial charge in [0.15, 0.2) is 11.5 Å². The molecule has 2 aromatic heterocycles. The first-order valence-electron chi connectivity index (χ1n) is 6.49. The number of ether oxygens (including phenoxy) is 1. The molecule has 106 valence electrons. The molecule has 6 heteroatoms. The van der Waals surface area contributed by atoms with Crippen molar-refractivity contribution in [2.75, 3.05) is 7.11 Å². The average molecular weight is 282 g/mol. The normalized spacial score (nSPS) is 10.5. The molecule has 0 aliphatic rings. The SMILES string of the molecule is COc1cccc(C(=O)NCc2nnc3ccccn23)c1. The number of methoxy groups -OCH3 is 1. The van der Waals surface area contributed by atoms with Crippen LogP contribution in [-0.4, -0.2) is 27.6 Å². The first-order chi connectivity index (χ1) is 10.3. The van der Waals surface area contributed by atoms with Crippen LogP contribution in [0.4, 0.5) is 0 Å². The van der Waals surface area contributed by atoms with Gasteiger partial charge in [-0.25, -0.2) is 0 Å². The molecule has 0 saturated heterocycles. The molecule has 0 aliphatic carbocycles. The third-order valence-electron chi connectivity index (χ3n) is 3.12. The van der Waals surface area contributed by atoms with Crippen LogP contribution in [0.5, 0.6) is 5.75 Å². The molecule has 0 unspecified atom stereocenters. The van der Waals surface area contributed by atoms with Crippen molar-refractivity contribution < 1.29 is 9.53 Å². The minimum atomic E-state index is -0.179. The summed E-state index contributed by atoms with van der Waals surface area (Å²) in [6, 6.07) is 12.6. The summed E-state index contributed by atoms with van der Waals surface area (Å²) in [5.41, 5.74) is 1.30. The largest absolute Gasteiger partial charge is 0.497 e. The second-order valence-corrected chi connectivity index (χ2v) is 4.46. The zero-order valence-corrected chi connectivity index (χ0v) is 11.5. The van der Waals surface area contributed by atoms with Gasteiger partial charge < -0.3 is 10.1 Å². The van der Waals surface area contributed by atoms with Crippen LogP contribution in [0.15, 0.2) is 48.7 Å². The van der Waals surface area contributed by atoms with Gasteiger partial charge in [-0.1, -0.05) is 12.1 Å². The van der Waals surface area contributed by atoms with Crippen molar-refractivity contribution in [3.8, 4) is 5.75 Å². The van der Waals surface area contributed by atoms with Crippen LogP contribution < -0.4 is 10.1 Å². The van der Waals surface area contributed by atoms with Gasteiger partial charge in [-0.3, -0.25) is 9.20 Å². The van der Waals surface area contributed by atoms with Gasteiger partial charge in [0.05, 0.1) is 13.7 Å². The number of carbonyl (C=O) groups is 1. The first kappa shape index (κ1) is 13.1. The Kier molecular flexibility index (Phi) is 3.51. The zero-order chi connectivity index (χ0) is 14.7. The van der Waals surface area contributed by atoms with E-state index in [1.165, 1.54) is 0 Å². The van der Waals surface area contributed by atoms with Crippen molar-refractivity contribution in [1.82, 2.24) is 19.9 Å². The molecular formula is C15H14N4O2. The van der Waals surface area contributed by atoms with E-state index in [0.29, 0.717) is 23.7 Å². The second kappa shape index (κ2) is 5.62. The van der Waals surface area contributed by atoms with Crippen LogP contribution in [-0.2, 0) is 6.54 Å². The number of amides is 1. The highest BCUT2D eigenvalue weighted by atomic mass is 16.5. The first-order valence-corrected chi connectivity index (χ1v) is 6.49. The van der Waals surface area contributed by atoms with E-state index in [1.54, 1.807) is 31.4 Å². The van der Waals surface area contributed by atoms with E-state index < -0.39 is 0 Å². The Morgan fingerprint density at radius 2 is 2.14 bits per heavy atom. The molecule has 2 heterocycles. The number of hydrogen-bond acceptors (Lipinski definition) is 4. The quantitative estimate of drug-likeness (QED) is 0.790. The topological polar surface area (TPSA) is 68.5 Å². The molecule has 3 aromatic rings. The number of nitrogens with one attached hydrogen (secondary N) is 1. The molecular weight excluding hydrogens is 268 g/mol. The highest BCUT2D eigenvalue weighted by Gasteiger charge is 2.09. The van der Waals surface area contributed by atoms with E-state index in [4.69, 9.17) is 4.74 Å². The van der Waals surface area contributed by atoms with E-state index >= 15 is 0 Å². The highest BCUT2D eigenvalue weighted by Crippen LogP contribution is 2.12. The van der Waals surface area contributed by atoms with Gasteiger partial charge in [-0.15, -0.1) is 10.2 Å². The summed E-state index contributed by atoms with van der Waals surface area (Å²) in [7, 11) is 1.57. The maximum absolute atomic E-state index is 12.1. The molecule has 21 heavy (non-hydrogen) atoms. The van der Waals surface area contributed by atoms with E-state index in [2.05, 4.69) is 15.5 Å². The van der Waals surface area contributed by atoms with Crippen molar-refractivity contribution in [3.05, 3.63) is 60.0 Å². The third kappa shape index (κ3) is 2.69. The number of benzene rings is 1. The molecule has 0 radical (unpaired) electrons. The molecule has 1 aromatic carbocycles. The fraction of sp³-hybridized carbons (Fsp3) is 0.133. The molecule has 1 amide bonds. The lowest BCUT2D eigenvalue weighted by Gasteiger charge is -2.06. The fourth-order valence-electron chi connectivity index (χ4n) is 2.04. The van der Waals surface area contributed by atoms with E-state index in [1.807, 2.05) is 28.8 Å². The molecule has 0 fully saturated rings. The summed E-state index contributed by atoms with van der Waals surface area (Å²) in [5, 5.41) is 10.9. The molecule has 0 aliphatic heterocycles. The second-order valence-electron chi connectivity index (χ2n) is 4.46. The maximum Gasteiger partial charge on any atom is 0.251 e. The lowest BCUT2D eigenvalue weighted by Crippen LogP contribution is -2.24.